The normalized spacial score (nSPS) is 9.80. The van der Waals surface area contributed by atoms with Gasteiger partial charge in [-0.25, -0.2) is 4.79 Å². The first kappa shape index (κ1) is 18.3. The van der Waals surface area contributed by atoms with Crippen LogP contribution in [0.5, 0.6) is 5.75 Å². The van der Waals surface area contributed by atoms with Crippen molar-refractivity contribution in [2.75, 3.05) is 18.5 Å². The zero-order valence-corrected chi connectivity index (χ0v) is 14.2. The fraction of sp³-hybridized carbons (Fsp3) is 0.167. The summed E-state index contributed by atoms with van der Waals surface area (Å²) in [6, 6.07) is 13.5. The summed E-state index contributed by atoms with van der Waals surface area (Å²) in [6.07, 6.45) is 0. The van der Waals surface area contributed by atoms with Gasteiger partial charge in [-0.15, -0.1) is 0 Å². The maximum absolute atomic E-state index is 11.8. The van der Waals surface area contributed by atoms with E-state index in [1.807, 2.05) is 19.1 Å². The van der Waals surface area contributed by atoms with Gasteiger partial charge in [0, 0.05) is 5.69 Å². The van der Waals surface area contributed by atoms with Crippen molar-refractivity contribution >= 4 is 29.2 Å². The van der Waals surface area contributed by atoms with Crippen LogP contribution in [-0.4, -0.2) is 25.1 Å². The van der Waals surface area contributed by atoms with Crippen LogP contribution in [0.1, 0.15) is 11.1 Å². The summed E-state index contributed by atoms with van der Waals surface area (Å²) in [5.41, 5.74) is 1.80. The third-order valence-electron chi connectivity index (χ3n) is 3.07. The van der Waals surface area contributed by atoms with Crippen LogP contribution < -0.4 is 10.1 Å². The van der Waals surface area contributed by atoms with Crippen LogP contribution in [0.2, 0.25) is 5.02 Å². The van der Waals surface area contributed by atoms with E-state index in [-0.39, 0.29) is 6.61 Å². The van der Waals surface area contributed by atoms with E-state index in [2.05, 4.69) is 5.32 Å². The molecular formula is C18H15ClN2O4. The van der Waals surface area contributed by atoms with Crippen LogP contribution in [0.4, 0.5) is 5.69 Å². The Kier molecular flexibility index (Phi) is 6.38. The Bertz CT molecular complexity index is 830. The van der Waals surface area contributed by atoms with Gasteiger partial charge in [0.15, 0.2) is 13.2 Å². The molecule has 0 aromatic heterocycles. The number of nitriles is 1. The Morgan fingerprint density at radius 1 is 1.20 bits per heavy atom. The number of amides is 1. The molecule has 0 aliphatic carbocycles. The standard InChI is InChI=1S/C18H15ClN2O4/c1-12-5-6-15(19)16(7-12)24-11-18(23)25-10-17(22)21-14-4-2-3-13(8-14)9-20/h2-8H,10-11H2,1H3,(H,21,22). The van der Waals surface area contributed by atoms with E-state index in [0.29, 0.717) is 22.0 Å². The lowest BCUT2D eigenvalue weighted by Gasteiger charge is -2.09. The molecule has 25 heavy (non-hydrogen) atoms. The molecule has 6 nitrogen and oxygen atoms in total. The minimum atomic E-state index is -0.696. The molecule has 1 N–H and O–H groups in total. The first-order valence-electron chi connectivity index (χ1n) is 7.32. The van der Waals surface area contributed by atoms with Gasteiger partial charge in [-0.05, 0) is 42.8 Å². The van der Waals surface area contributed by atoms with Crippen LogP contribution in [0.15, 0.2) is 42.5 Å². The molecule has 0 heterocycles. The van der Waals surface area contributed by atoms with Crippen molar-refractivity contribution in [2.24, 2.45) is 0 Å². The van der Waals surface area contributed by atoms with Gasteiger partial charge in [0.05, 0.1) is 16.7 Å². The van der Waals surface area contributed by atoms with Crippen molar-refractivity contribution in [3.63, 3.8) is 0 Å². The summed E-state index contributed by atoms with van der Waals surface area (Å²) in [4.78, 5) is 23.4. The molecule has 0 radical (unpaired) electrons. The van der Waals surface area contributed by atoms with E-state index in [4.69, 9.17) is 26.3 Å². The smallest absolute Gasteiger partial charge is 0.344 e. The Labute approximate surface area is 149 Å². The number of nitrogens with zero attached hydrogens (tertiary/aromatic N) is 1. The van der Waals surface area contributed by atoms with Gasteiger partial charge in [0.2, 0.25) is 0 Å². The number of hydrogen-bond acceptors (Lipinski definition) is 5. The number of halogens is 1. The number of anilines is 1. The maximum Gasteiger partial charge on any atom is 0.344 e. The summed E-state index contributed by atoms with van der Waals surface area (Å²) in [5, 5.41) is 11.7. The maximum atomic E-state index is 11.8. The largest absolute Gasteiger partial charge is 0.480 e. The molecule has 0 fully saturated rings. The molecule has 0 bridgehead atoms. The average Bonchev–Trinajstić information content (AvgIpc) is 2.61. The molecular weight excluding hydrogens is 344 g/mol. The van der Waals surface area contributed by atoms with Gasteiger partial charge in [0.25, 0.3) is 5.91 Å². The molecule has 7 heteroatoms. The third kappa shape index (κ3) is 5.83. The molecule has 0 saturated carbocycles. The summed E-state index contributed by atoms with van der Waals surface area (Å²) in [5.74, 6) is -0.841. The first-order valence-corrected chi connectivity index (χ1v) is 7.70. The second-order valence-electron chi connectivity index (χ2n) is 5.12. The van der Waals surface area contributed by atoms with Gasteiger partial charge in [-0.2, -0.15) is 5.26 Å². The van der Waals surface area contributed by atoms with Crippen molar-refractivity contribution in [3.8, 4) is 11.8 Å². The summed E-state index contributed by atoms with van der Waals surface area (Å²) in [7, 11) is 0. The lowest BCUT2D eigenvalue weighted by atomic mass is 10.2. The minimum Gasteiger partial charge on any atom is -0.480 e. The summed E-state index contributed by atoms with van der Waals surface area (Å²) in [6.45, 7) is 1.05. The highest BCUT2D eigenvalue weighted by Gasteiger charge is 2.10. The van der Waals surface area contributed by atoms with E-state index in [9.17, 15) is 9.59 Å². The Balaban J connectivity index is 1.78. The van der Waals surface area contributed by atoms with Crippen LogP contribution in [-0.2, 0) is 14.3 Å². The zero-order chi connectivity index (χ0) is 18.2. The van der Waals surface area contributed by atoms with Crippen LogP contribution in [0, 0.1) is 18.3 Å². The van der Waals surface area contributed by atoms with Gasteiger partial charge < -0.3 is 14.8 Å². The molecule has 0 spiro atoms. The van der Waals surface area contributed by atoms with Gasteiger partial charge in [0.1, 0.15) is 5.75 Å². The van der Waals surface area contributed by atoms with E-state index >= 15 is 0 Å². The van der Waals surface area contributed by atoms with E-state index in [0.717, 1.165) is 5.56 Å². The zero-order valence-electron chi connectivity index (χ0n) is 13.4. The van der Waals surface area contributed by atoms with E-state index in [1.54, 1.807) is 30.3 Å². The van der Waals surface area contributed by atoms with Crippen molar-refractivity contribution in [2.45, 2.75) is 6.92 Å². The van der Waals surface area contributed by atoms with Gasteiger partial charge >= 0.3 is 5.97 Å². The predicted molar refractivity (Wildman–Crippen MR) is 92.4 cm³/mol. The first-order chi connectivity index (χ1) is 12.0. The number of hydrogen-bond donors (Lipinski definition) is 1. The number of nitrogens with one attached hydrogen (secondary N) is 1. The van der Waals surface area contributed by atoms with Crippen molar-refractivity contribution in [3.05, 3.63) is 58.6 Å². The van der Waals surface area contributed by atoms with Crippen LogP contribution in [0.25, 0.3) is 0 Å². The quantitative estimate of drug-likeness (QED) is 0.801. The number of carbonyl (C=O) groups is 2. The third-order valence-corrected chi connectivity index (χ3v) is 3.38. The number of benzene rings is 2. The van der Waals surface area contributed by atoms with Crippen LogP contribution in [0.3, 0.4) is 0 Å². The van der Waals surface area contributed by atoms with Crippen molar-refractivity contribution < 1.29 is 19.1 Å². The molecule has 0 aliphatic rings. The molecule has 2 aromatic carbocycles. The predicted octanol–water partition coefficient (Wildman–Crippen LogP) is 3.08. The number of esters is 1. The molecule has 0 aliphatic heterocycles. The van der Waals surface area contributed by atoms with Gasteiger partial charge in [-0.1, -0.05) is 23.7 Å². The highest BCUT2D eigenvalue weighted by molar-refractivity contribution is 6.32. The second kappa shape index (κ2) is 8.71. The monoisotopic (exact) mass is 358 g/mol. The van der Waals surface area contributed by atoms with E-state index in [1.165, 1.54) is 6.07 Å². The number of carbonyl (C=O) groups excluding carboxylic acids is 2. The molecule has 2 rings (SSSR count). The molecule has 0 unspecified atom stereocenters. The van der Waals surface area contributed by atoms with Crippen molar-refractivity contribution in [1.29, 1.82) is 5.26 Å². The summed E-state index contributed by atoms with van der Waals surface area (Å²) >= 11 is 5.96. The average molecular weight is 359 g/mol. The fourth-order valence-electron chi connectivity index (χ4n) is 1.91. The Morgan fingerprint density at radius 3 is 2.76 bits per heavy atom. The molecule has 128 valence electrons. The molecule has 0 saturated heterocycles. The Morgan fingerprint density at radius 2 is 2.00 bits per heavy atom. The Hall–Kier alpha value is -3.04. The highest BCUT2D eigenvalue weighted by atomic mass is 35.5. The van der Waals surface area contributed by atoms with E-state index < -0.39 is 18.5 Å². The number of ether oxygens (including phenoxy) is 2. The lowest BCUT2D eigenvalue weighted by Crippen LogP contribution is -2.23. The molecule has 1 amide bonds. The summed E-state index contributed by atoms with van der Waals surface area (Å²) < 4.78 is 10.1. The van der Waals surface area contributed by atoms with Crippen LogP contribution >= 0.6 is 11.6 Å². The SMILES string of the molecule is Cc1ccc(Cl)c(OCC(=O)OCC(=O)Nc2cccc(C#N)c2)c1. The fourth-order valence-corrected chi connectivity index (χ4v) is 2.08. The number of rotatable bonds is 6. The van der Waals surface area contributed by atoms with Crippen molar-refractivity contribution in [1.82, 2.24) is 0 Å². The lowest BCUT2D eigenvalue weighted by molar-refractivity contribution is -0.149. The highest BCUT2D eigenvalue weighted by Crippen LogP contribution is 2.25. The number of aryl methyl sites for hydroxylation is 1. The molecule has 0 atom stereocenters. The van der Waals surface area contributed by atoms with Gasteiger partial charge in [-0.3, -0.25) is 4.79 Å². The topological polar surface area (TPSA) is 88.4 Å². The second-order valence-corrected chi connectivity index (χ2v) is 5.53. The minimum absolute atomic E-state index is 0.361. The molecule has 2 aromatic rings.